The Kier molecular flexibility index (Phi) is 5.21. The first kappa shape index (κ1) is 21.2. The second-order valence-electron chi connectivity index (χ2n) is 9.52. The van der Waals surface area contributed by atoms with Gasteiger partial charge in [-0.15, -0.1) is 11.3 Å². The second kappa shape index (κ2) is 8.12. The van der Waals surface area contributed by atoms with Crippen LogP contribution in [0.25, 0.3) is 20.8 Å². The Labute approximate surface area is 195 Å². The maximum Gasteiger partial charge on any atom is 0.225 e. The number of thiazole rings is 1. The minimum atomic E-state index is -0.994. The highest BCUT2D eigenvalue weighted by molar-refractivity contribution is 7.21. The van der Waals surface area contributed by atoms with E-state index in [1.165, 1.54) is 0 Å². The van der Waals surface area contributed by atoms with Gasteiger partial charge < -0.3 is 26.0 Å². The van der Waals surface area contributed by atoms with E-state index in [1.54, 1.807) is 11.3 Å². The number of aliphatic hydroxyl groups excluding tert-OH is 3. The van der Waals surface area contributed by atoms with Crippen molar-refractivity contribution in [1.82, 2.24) is 19.9 Å². The monoisotopic (exact) mass is 468 g/mol. The van der Waals surface area contributed by atoms with E-state index in [4.69, 9.17) is 15.0 Å². The molecule has 0 spiro atoms. The smallest absolute Gasteiger partial charge is 0.225 e. The fraction of sp³-hybridized carbons (Fsp3) is 0.565. The number of fused-ring (bicyclic) bond motifs is 1. The van der Waals surface area contributed by atoms with Gasteiger partial charge in [0.25, 0.3) is 0 Å². The minimum Gasteiger partial charge on any atom is -0.396 e. The van der Waals surface area contributed by atoms with Crippen molar-refractivity contribution in [3.63, 3.8) is 0 Å². The first-order valence-corrected chi connectivity index (χ1v) is 12.5. The van der Waals surface area contributed by atoms with Crippen LogP contribution in [0, 0.1) is 12.8 Å². The molecule has 0 saturated heterocycles. The van der Waals surface area contributed by atoms with E-state index in [2.05, 4.69) is 15.6 Å². The maximum absolute atomic E-state index is 10.6. The van der Waals surface area contributed by atoms with E-state index in [9.17, 15) is 15.3 Å². The average Bonchev–Trinajstić information content (AvgIpc) is 3.72. The van der Waals surface area contributed by atoms with Gasteiger partial charge >= 0.3 is 0 Å². The molecule has 174 valence electrons. The molecule has 3 fully saturated rings. The molecule has 3 saturated carbocycles. The number of aryl methyl sites for hydroxylation is 1. The number of anilines is 2. The Hall–Kier alpha value is -2.40. The molecule has 5 N–H and O–H groups in total. The first-order chi connectivity index (χ1) is 16.0. The van der Waals surface area contributed by atoms with Crippen molar-refractivity contribution in [2.75, 3.05) is 17.2 Å². The van der Waals surface area contributed by atoms with Crippen LogP contribution in [-0.4, -0.2) is 66.2 Å². The molecular weight excluding hydrogens is 440 g/mol. The van der Waals surface area contributed by atoms with Gasteiger partial charge in [-0.05, 0) is 45.1 Å². The third-order valence-electron chi connectivity index (χ3n) is 6.87. The summed E-state index contributed by atoms with van der Waals surface area (Å²) >= 11 is 1.59. The van der Waals surface area contributed by atoms with Gasteiger partial charge in [-0.3, -0.25) is 4.98 Å². The van der Waals surface area contributed by atoms with Gasteiger partial charge in [-0.1, -0.05) is 0 Å². The molecule has 3 aromatic heterocycles. The third kappa shape index (κ3) is 3.95. The largest absolute Gasteiger partial charge is 0.396 e. The highest BCUT2D eigenvalue weighted by Crippen LogP contribution is 2.44. The standard InChI is InChI=1S/C23H28N6O3S/c1-10-16(22-28-18-15(33-22)6-7-24-17(18)11-2-3-11)21(29-23(25-10)26-13-4-5-13)27-14-8-12(9-30)19(31)20(14)32/h6-7,11-14,19-20,30-32H,2-5,8-9H2,1H3,(H2,25,26,27,29). The van der Waals surface area contributed by atoms with Crippen molar-refractivity contribution in [2.45, 2.75) is 69.2 Å². The van der Waals surface area contributed by atoms with Crippen molar-refractivity contribution in [1.29, 1.82) is 0 Å². The molecular formula is C23H28N6O3S. The second-order valence-corrected chi connectivity index (χ2v) is 10.6. The minimum absolute atomic E-state index is 0.171. The topological polar surface area (TPSA) is 136 Å². The van der Waals surface area contributed by atoms with E-state index < -0.39 is 18.2 Å². The SMILES string of the molecule is Cc1nc(NC2CC2)nc(NC2CC(CO)C(O)C2O)c1-c1nc2c(C3CC3)nccc2s1. The van der Waals surface area contributed by atoms with Crippen LogP contribution >= 0.6 is 11.3 Å². The number of nitrogens with zero attached hydrogens (tertiary/aromatic N) is 4. The quantitative estimate of drug-likeness (QED) is 0.354. The van der Waals surface area contributed by atoms with Gasteiger partial charge in [0.15, 0.2) is 0 Å². The van der Waals surface area contributed by atoms with E-state index in [0.717, 1.165) is 57.9 Å². The number of aliphatic hydroxyl groups is 3. The van der Waals surface area contributed by atoms with Crippen LogP contribution in [0.2, 0.25) is 0 Å². The maximum atomic E-state index is 10.6. The molecule has 3 aliphatic rings. The van der Waals surface area contributed by atoms with Gasteiger partial charge in [-0.25, -0.2) is 9.97 Å². The first-order valence-electron chi connectivity index (χ1n) is 11.7. The number of pyridine rings is 1. The summed E-state index contributed by atoms with van der Waals surface area (Å²) in [6.45, 7) is 1.78. The molecule has 33 heavy (non-hydrogen) atoms. The van der Waals surface area contributed by atoms with Crippen molar-refractivity contribution in [3.8, 4) is 10.6 Å². The van der Waals surface area contributed by atoms with Crippen molar-refractivity contribution in [2.24, 2.45) is 5.92 Å². The number of hydrogen-bond donors (Lipinski definition) is 5. The van der Waals surface area contributed by atoms with Crippen molar-refractivity contribution < 1.29 is 15.3 Å². The average molecular weight is 469 g/mol. The molecule has 4 unspecified atom stereocenters. The van der Waals surface area contributed by atoms with Crippen molar-refractivity contribution in [3.05, 3.63) is 23.7 Å². The highest BCUT2D eigenvalue weighted by Gasteiger charge is 2.41. The summed E-state index contributed by atoms with van der Waals surface area (Å²) in [7, 11) is 0. The molecule has 0 amide bonds. The fourth-order valence-corrected chi connectivity index (χ4v) is 5.74. The zero-order chi connectivity index (χ0) is 22.7. The summed E-state index contributed by atoms with van der Waals surface area (Å²) in [4.78, 5) is 19.0. The van der Waals surface area contributed by atoms with Gasteiger partial charge in [0.2, 0.25) is 5.95 Å². The zero-order valence-corrected chi connectivity index (χ0v) is 19.2. The van der Waals surface area contributed by atoms with Gasteiger partial charge in [-0.2, -0.15) is 4.98 Å². The van der Waals surface area contributed by atoms with Crippen molar-refractivity contribution >= 4 is 33.3 Å². The van der Waals surface area contributed by atoms with Crippen LogP contribution in [0.4, 0.5) is 11.8 Å². The molecule has 3 heterocycles. The van der Waals surface area contributed by atoms with Crippen LogP contribution in [-0.2, 0) is 0 Å². The summed E-state index contributed by atoms with van der Waals surface area (Å²) < 4.78 is 1.09. The lowest BCUT2D eigenvalue weighted by atomic mass is 10.1. The Morgan fingerprint density at radius 3 is 2.58 bits per heavy atom. The Bertz CT molecular complexity index is 1190. The summed E-state index contributed by atoms with van der Waals surface area (Å²) in [6.07, 6.45) is 4.85. The lowest BCUT2D eigenvalue weighted by Crippen LogP contribution is -2.35. The molecule has 0 bridgehead atoms. The molecule has 3 aliphatic carbocycles. The lowest BCUT2D eigenvalue weighted by Gasteiger charge is -2.21. The van der Waals surface area contributed by atoms with Crippen LogP contribution in [0.5, 0.6) is 0 Å². The van der Waals surface area contributed by atoms with Gasteiger partial charge in [0.05, 0.1) is 33.8 Å². The van der Waals surface area contributed by atoms with E-state index in [1.807, 2.05) is 19.2 Å². The Balaban J connectivity index is 1.42. The van der Waals surface area contributed by atoms with Crippen LogP contribution in [0.1, 0.15) is 49.4 Å². The lowest BCUT2D eigenvalue weighted by molar-refractivity contribution is 0.00446. The molecule has 0 aliphatic heterocycles. The number of hydrogen-bond acceptors (Lipinski definition) is 10. The van der Waals surface area contributed by atoms with Gasteiger partial charge in [0, 0.05) is 30.7 Å². The zero-order valence-electron chi connectivity index (χ0n) is 18.4. The molecule has 9 nitrogen and oxygen atoms in total. The number of nitrogens with one attached hydrogen (secondary N) is 2. The Morgan fingerprint density at radius 1 is 1.06 bits per heavy atom. The molecule has 6 rings (SSSR count). The van der Waals surface area contributed by atoms with E-state index in [0.29, 0.717) is 30.1 Å². The fourth-order valence-electron chi connectivity index (χ4n) is 4.67. The van der Waals surface area contributed by atoms with E-state index in [-0.39, 0.29) is 12.5 Å². The predicted octanol–water partition coefficient (Wildman–Crippen LogP) is 2.42. The molecule has 3 aromatic rings. The summed E-state index contributed by atoms with van der Waals surface area (Å²) in [5.41, 5.74) is 3.60. The number of aromatic nitrogens is 4. The Morgan fingerprint density at radius 2 is 1.88 bits per heavy atom. The summed E-state index contributed by atoms with van der Waals surface area (Å²) in [6, 6.07) is 1.96. The number of rotatable bonds is 7. The molecule has 4 atom stereocenters. The normalized spacial score (nSPS) is 27.3. The summed E-state index contributed by atoms with van der Waals surface area (Å²) in [5.74, 6) is 1.26. The van der Waals surface area contributed by atoms with Crippen LogP contribution < -0.4 is 10.6 Å². The van der Waals surface area contributed by atoms with Gasteiger partial charge in [0.1, 0.15) is 22.4 Å². The highest BCUT2D eigenvalue weighted by atomic mass is 32.1. The third-order valence-corrected chi connectivity index (χ3v) is 7.91. The molecule has 0 radical (unpaired) electrons. The predicted molar refractivity (Wildman–Crippen MR) is 126 cm³/mol. The summed E-state index contributed by atoms with van der Waals surface area (Å²) in [5, 5.41) is 38.0. The van der Waals surface area contributed by atoms with E-state index >= 15 is 0 Å². The van der Waals surface area contributed by atoms with Crippen LogP contribution in [0.15, 0.2) is 12.3 Å². The molecule has 10 heteroatoms. The molecule has 0 aromatic carbocycles. The van der Waals surface area contributed by atoms with Crippen LogP contribution in [0.3, 0.4) is 0 Å².